The Labute approximate surface area is 203 Å². The number of nitrogens with zero attached hydrogens (tertiary/aromatic N) is 1. The van der Waals surface area contributed by atoms with Crippen LogP contribution in [0.1, 0.15) is 12.5 Å². The van der Waals surface area contributed by atoms with E-state index in [4.69, 9.17) is 18.9 Å². The molecule has 0 unspecified atom stereocenters. The Morgan fingerprint density at radius 1 is 0.829 bits per heavy atom. The van der Waals surface area contributed by atoms with E-state index in [-0.39, 0.29) is 5.57 Å². The van der Waals surface area contributed by atoms with Crippen LogP contribution in [0.25, 0.3) is 6.08 Å². The Hall–Kier alpha value is -4.46. The molecule has 2 amide bonds. The number of benzene rings is 3. The van der Waals surface area contributed by atoms with Crippen LogP contribution < -0.4 is 29.4 Å². The van der Waals surface area contributed by atoms with E-state index in [1.54, 1.807) is 61.7 Å². The van der Waals surface area contributed by atoms with Crippen LogP contribution >= 0.6 is 0 Å². The van der Waals surface area contributed by atoms with E-state index in [9.17, 15) is 9.59 Å². The van der Waals surface area contributed by atoms with Crippen molar-refractivity contribution in [2.75, 3.05) is 31.9 Å². The molecule has 1 heterocycles. The number of carbonyl (C=O) groups is 2. The van der Waals surface area contributed by atoms with Gasteiger partial charge >= 0.3 is 0 Å². The lowest BCUT2D eigenvalue weighted by molar-refractivity contribution is -0.117. The summed E-state index contributed by atoms with van der Waals surface area (Å²) in [5.74, 6) is 1.56. The summed E-state index contributed by atoms with van der Waals surface area (Å²) in [6.45, 7) is 2.92. The predicted octanol–water partition coefficient (Wildman–Crippen LogP) is 4.01. The van der Waals surface area contributed by atoms with Crippen LogP contribution in [0.4, 0.5) is 5.69 Å². The number of ether oxygens (including phenoxy) is 4. The molecular formula is C27H26N2O6. The number of nitrogens with one attached hydrogen (secondary N) is 1. The maximum atomic E-state index is 12.8. The van der Waals surface area contributed by atoms with Crippen molar-refractivity contribution in [3.05, 3.63) is 83.9 Å². The zero-order valence-electron chi connectivity index (χ0n) is 19.5. The van der Waals surface area contributed by atoms with Crippen molar-refractivity contribution in [3.63, 3.8) is 0 Å². The number of hydrogen-bond donors (Lipinski definition) is 1. The zero-order chi connectivity index (χ0) is 24.6. The molecule has 0 radical (unpaired) electrons. The van der Waals surface area contributed by atoms with E-state index in [0.29, 0.717) is 54.1 Å². The van der Waals surface area contributed by atoms with E-state index < -0.39 is 11.8 Å². The summed E-state index contributed by atoms with van der Waals surface area (Å²) in [5.41, 5.74) is 3.86. The molecule has 1 N–H and O–H groups in total. The SMILES string of the molecule is CCOc1cc(/C=C2\C(=O)NN(c3ccccc3)C2=O)ccc1OCCOc1cccc(OC)c1. The van der Waals surface area contributed by atoms with E-state index >= 15 is 0 Å². The molecule has 3 aromatic carbocycles. The number of rotatable bonds is 10. The minimum atomic E-state index is -0.466. The summed E-state index contributed by atoms with van der Waals surface area (Å²) in [7, 11) is 1.60. The number of para-hydroxylation sites is 1. The molecule has 1 saturated heterocycles. The molecule has 8 nitrogen and oxygen atoms in total. The van der Waals surface area contributed by atoms with Gasteiger partial charge in [0.25, 0.3) is 11.8 Å². The van der Waals surface area contributed by atoms with Gasteiger partial charge in [0.15, 0.2) is 11.5 Å². The van der Waals surface area contributed by atoms with Gasteiger partial charge in [-0.3, -0.25) is 15.0 Å². The molecule has 1 aliphatic rings. The fourth-order valence-electron chi connectivity index (χ4n) is 3.49. The lowest BCUT2D eigenvalue weighted by atomic mass is 10.1. The van der Waals surface area contributed by atoms with Crippen LogP contribution in [0, 0.1) is 0 Å². The lowest BCUT2D eigenvalue weighted by Gasteiger charge is -2.14. The molecule has 180 valence electrons. The van der Waals surface area contributed by atoms with Gasteiger partial charge in [-0.1, -0.05) is 30.3 Å². The van der Waals surface area contributed by atoms with Crippen LogP contribution in [0.5, 0.6) is 23.0 Å². The number of hydrazine groups is 1. The van der Waals surface area contributed by atoms with E-state index in [1.165, 1.54) is 5.01 Å². The van der Waals surface area contributed by atoms with E-state index in [2.05, 4.69) is 5.43 Å². The lowest BCUT2D eigenvalue weighted by Crippen LogP contribution is -2.35. The normalized spacial score (nSPS) is 14.1. The number of carbonyl (C=O) groups excluding carboxylic acids is 2. The summed E-state index contributed by atoms with van der Waals surface area (Å²) in [6, 6.07) is 21.5. The standard InChI is InChI=1S/C27H26N2O6/c1-3-33-25-17-19(16-23-26(30)28-29(27(23)31)20-8-5-4-6-9-20)12-13-24(25)35-15-14-34-22-11-7-10-21(18-22)32-2/h4-13,16-18H,3,14-15H2,1-2H3,(H,28,30)/b23-16+. The average Bonchev–Trinajstić information content (AvgIpc) is 3.17. The summed E-state index contributed by atoms with van der Waals surface area (Å²) in [6.07, 6.45) is 1.54. The van der Waals surface area contributed by atoms with Crippen molar-refractivity contribution in [1.29, 1.82) is 0 Å². The molecule has 35 heavy (non-hydrogen) atoms. The molecule has 0 saturated carbocycles. The first-order valence-corrected chi connectivity index (χ1v) is 11.2. The second kappa shape index (κ2) is 11.1. The van der Waals surface area contributed by atoms with Crippen molar-refractivity contribution in [3.8, 4) is 23.0 Å². The highest BCUT2D eigenvalue weighted by atomic mass is 16.5. The fourth-order valence-corrected chi connectivity index (χ4v) is 3.49. The Balaban J connectivity index is 1.43. The largest absolute Gasteiger partial charge is 0.497 e. The number of amides is 2. The summed E-state index contributed by atoms with van der Waals surface area (Å²) in [4.78, 5) is 25.3. The first kappa shape index (κ1) is 23.7. The van der Waals surface area contributed by atoms with Gasteiger partial charge in [-0.2, -0.15) is 0 Å². The molecule has 4 rings (SSSR count). The predicted molar refractivity (Wildman–Crippen MR) is 132 cm³/mol. The number of anilines is 1. The Bertz CT molecular complexity index is 1230. The first-order chi connectivity index (χ1) is 17.1. The number of methoxy groups -OCH3 is 1. The van der Waals surface area contributed by atoms with Gasteiger partial charge in [0.1, 0.15) is 30.3 Å². The highest BCUT2D eigenvalue weighted by Crippen LogP contribution is 2.30. The van der Waals surface area contributed by atoms with E-state index in [0.717, 1.165) is 0 Å². The van der Waals surface area contributed by atoms with Crippen molar-refractivity contribution in [1.82, 2.24) is 5.43 Å². The van der Waals surface area contributed by atoms with Gasteiger partial charge in [-0.15, -0.1) is 0 Å². The van der Waals surface area contributed by atoms with Crippen molar-refractivity contribution in [2.24, 2.45) is 0 Å². The molecule has 1 aliphatic heterocycles. The van der Waals surface area contributed by atoms with Gasteiger partial charge in [0, 0.05) is 6.07 Å². The molecule has 0 atom stereocenters. The van der Waals surface area contributed by atoms with Crippen LogP contribution in [0.3, 0.4) is 0 Å². The molecule has 8 heteroatoms. The van der Waals surface area contributed by atoms with Crippen LogP contribution in [-0.4, -0.2) is 38.7 Å². The van der Waals surface area contributed by atoms with Crippen LogP contribution in [0.15, 0.2) is 78.4 Å². The van der Waals surface area contributed by atoms with E-state index in [1.807, 2.05) is 31.2 Å². The zero-order valence-corrected chi connectivity index (χ0v) is 19.5. The summed E-state index contributed by atoms with van der Waals surface area (Å²) >= 11 is 0. The quantitative estimate of drug-likeness (QED) is 0.271. The summed E-state index contributed by atoms with van der Waals surface area (Å²) in [5, 5.41) is 1.23. The Morgan fingerprint density at radius 2 is 1.60 bits per heavy atom. The summed E-state index contributed by atoms with van der Waals surface area (Å²) < 4.78 is 22.5. The molecule has 0 spiro atoms. The third-order valence-corrected chi connectivity index (χ3v) is 5.14. The molecule has 0 aromatic heterocycles. The minimum Gasteiger partial charge on any atom is -0.497 e. The average molecular weight is 475 g/mol. The third kappa shape index (κ3) is 5.73. The third-order valence-electron chi connectivity index (χ3n) is 5.14. The van der Waals surface area contributed by atoms with Gasteiger partial charge in [-0.25, -0.2) is 5.01 Å². The Kier molecular flexibility index (Phi) is 7.52. The minimum absolute atomic E-state index is 0.0386. The monoisotopic (exact) mass is 474 g/mol. The molecular weight excluding hydrogens is 448 g/mol. The highest BCUT2D eigenvalue weighted by molar-refractivity contribution is 6.31. The van der Waals surface area contributed by atoms with Gasteiger partial charge in [0.05, 0.1) is 19.4 Å². The van der Waals surface area contributed by atoms with Crippen molar-refractivity contribution < 1.29 is 28.5 Å². The van der Waals surface area contributed by atoms with Crippen molar-refractivity contribution >= 4 is 23.6 Å². The second-order valence-electron chi connectivity index (χ2n) is 7.49. The molecule has 0 bridgehead atoms. The molecule has 0 aliphatic carbocycles. The second-order valence-corrected chi connectivity index (χ2v) is 7.49. The van der Waals surface area contributed by atoms with Gasteiger partial charge in [-0.05, 0) is 55.0 Å². The molecule has 1 fully saturated rings. The van der Waals surface area contributed by atoms with Crippen LogP contribution in [0.2, 0.25) is 0 Å². The smallest absolute Gasteiger partial charge is 0.282 e. The maximum absolute atomic E-state index is 12.8. The van der Waals surface area contributed by atoms with Crippen molar-refractivity contribution in [2.45, 2.75) is 6.92 Å². The van der Waals surface area contributed by atoms with Crippen LogP contribution in [-0.2, 0) is 9.59 Å². The fraction of sp³-hybridized carbons (Fsp3) is 0.185. The highest BCUT2D eigenvalue weighted by Gasteiger charge is 2.34. The Morgan fingerprint density at radius 3 is 2.37 bits per heavy atom. The van der Waals surface area contributed by atoms with Gasteiger partial charge in [0.2, 0.25) is 0 Å². The van der Waals surface area contributed by atoms with Gasteiger partial charge < -0.3 is 18.9 Å². The first-order valence-electron chi connectivity index (χ1n) is 11.2. The topological polar surface area (TPSA) is 86.3 Å². The number of hydrogen-bond acceptors (Lipinski definition) is 6. The maximum Gasteiger partial charge on any atom is 0.282 e. The molecule has 3 aromatic rings.